The molecule has 1 rings (SSSR count). The van der Waals surface area contributed by atoms with Gasteiger partial charge in [0, 0.05) is 0 Å². The lowest BCUT2D eigenvalue weighted by molar-refractivity contribution is -0.156. The molecule has 106 valence electrons. The highest BCUT2D eigenvalue weighted by atomic mass is 16.4. The van der Waals surface area contributed by atoms with Crippen LogP contribution in [-0.4, -0.2) is 45.7 Å². The second kappa shape index (κ2) is 5.25. The number of oxime groups is 1. The molecule has 1 aliphatic rings. The van der Waals surface area contributed by atoms with Crippen molar-refractivity contribution in [2.24, 2.45) is 16.8 Å². The van der Waals surface area contributed by atoms with E-state index in [-0.39, 0.29) is 12.4 Å². The maximum Gasteiger partial charge on any atom is 0.252 e. The minimum Gasteiger partial charge on any atom is -0.409 e. The second-order valence-corrected chi connectivity index (χ2v) is 4.85. The number of rotatable bonds is 3. The molecule has 8 heteroatoms. The summed E-state index contributed by atoms with van der Waals surface area (Å²) in [7, 11) is 0. The molecule has 1 unspecified atom stereocenters. The Hall–Kier alpha value is -2.12. The first-order chi connectivity index (χ1) is 8.75. The molecule has 1 atom stereocenters. The predicted molar refractivity (Wildman–Crippen MR) is 66.1 cm³/mol. The highest BCUT2D eigenvalue weighted by Crippen LogP contribution is 2.22. The van der Waals surface area contributed by atoms with Crippen LogP contribution in [-0.2, 0) is 14.4 Å². The first kappa shape index (κ1) is 14.9. The Labute approximate surface area is 110 Å². The number of amides is 3. The Morgan fingerprint density at radius 3 is 2.63 bits per heavy atom. The van der Waals surface area contributed by atoms with E-state index in [0.29, 0.717) is 6.42 Å². The highest BCUT2D eigenvalue weighted by molar-refractivity contribution is 6.09. The van der Waals surface area contributed by atoms with Crippen molar-refractivity contribution in [1.82, 2.24) is 10.2 Å². The van der Waals surface area contributed by atoms with Gasteiger partial charge in [-0.3, -0.25) is 19.7 Å². The third-order valence-corrected chi connectivity index (χ3v) is 3.23. The van der Waals surface area contributed by atoms with Gasteiger partial charge < -0.3 is 15.8 Å². The summed E-state index contributed by atoms with van der Waals surface area (Å²) in [6.07, 6.45) is 0.303. The average molecular weight is 270 g/mol. The van der Waals surface area contributed by atoms with Crippen molar-refractivity contribution in [3.05, 3.63) is 0 Å². The molecule has 8 nitrogen and oxygen atoms in total. The van der Waals surface area contributed by atoms with E-state index in [1.807, 2.05) is 0 Å². The van der Waals surface area contributed by atoms with Gasteiger partial charge in [-0.2, -0.15) is 0 Å². The molecule has 0 aromatic carbocycles. The number of nitrogens with one attached hydrogen (secondary N) is 1. The van der Waals surface area contributed by atoms with Crippen molar-refractivity contribution >= 4 is 23.6 Å². The number of imide groups is 1. The van der Waals surface area contributed by atoms with Crippen molar-refractivity contribution in [1.29, 1.82) is 0 Å². The van der Waals surface area contributed by atoms with E-state index in [1.54, 1.807) is 6.92 Å². The van der Waals surface area contributed by atoms with Gasteiger partial charge in [-0.1, -0.05) is 12.1 Å². The topological polar surface area (TPSA) is 125 Å². The molecule has 19 heavy (non-hydrogen) atoms. The van der Waals surface area contributed by atoms with Crippen molar-refractivity contribution in [3.8, 4) is 0 Å². The van der Waals surface area contributed by atoms with Gasteiger partial charge >= 0.3 is 0 Å². The number of nitrogens with two attached hydrogens (primary N) is 1. The maximum atomic E-state index is 12.4. The van der Waals surface area contributed by atoms with Crippen LogP contribution in [0.25, 0.3) is 0 Å². The minimum absolute atomic E-state index is 0.229. The largest absolute Gasteiger partial charge is 0.409 e. The summed E-state index contributed by atoms with van der Waals surface area (Å²) in [5.74, 6) is -2.70. The predicted octanol–water partition coefficient (Wildman–Crippen LogP) is -0.977. The van der Waals surface area contributed by atoms with E-state index in [4.69, 9.17) is 10.9 Å². The summed E-state index contributed by atoms with van der Waals surface area (Å²) >= 11 is 0. The Morgan fingerprint density at radius 2 is 2.16 bits per heavy atom. The Kier molecular flexibility index (Phi) is 4.13. The summed E-state index contributed by atoms with van der Waals surface area (Å²) < 4.78 is 0. The van der Waals surface area contributed by atoms with Crippen LogP contribution in [0.1, 0.15) is 27.2 Å². The maximum absolute atomic E-state index is 12.4. The normalized spacial score (nSPS) is 21.0. The van der Waals surface area contributed by atoms with Gasteiger partial charge in [0.15, 0.2) is 5.84 Å². The van der Waals surface area contributed by atoms with Crippen LogP contribution < -0.4 is 11.1 Å². The van der Waals surface area contributed by atoms with E-state index in [9.17, 15) is 14.4 Å². The third-order valence-electron chi connectivity index (χ3n) is 3.23. The standard InChI is InChI=1S/C11H18N4O4/c1-4-6(8(12)14-19)9(17)15-5-7(16)13-10(18)11(15,2)3/h6,19H,4-5H2,1-3H3,(H2,12,14)(H,13,16,18). The summed E-state index contributed by atoms with van der Waals surface area (Å²) in [6, 6.07) is 0. The molecule has 0 saturated carbocycles. The van der Waals surface area contributed by atoms with Gasteiger partial charge in [0.2, 0.25) is 11.8 Å². The quantitative estimate of drug-likeness (QED) is 0.200. The zero-order valence-corrected chi connectivity index (χ0v) is 11.1. The highest BCUT2D eigenvalue weighted by Gasteiger charge is 2.45. The van der Waals surface area contributed by atoms with E-state index < -0.39 is 29.2 Å². The van der Waals surface area contributed by atoms with Crippen molar-refractivity contribution in [3.63, 3.8) is 0 Å². The van der Waals surface area contributed by atoms with Crippen LogP contribution in [0.2, 0.25) is 0 Å². The smallest absolute Gasteiger partial charge is 0.252 e. The van der Waals surface area contributed by atoms with E-state index in [0.717, 1.165) is 4.90 Å². The zero-order valence-electron chi connectivity index (χ0n) is 11.1. The summed E-state index contributed by atoms with van der Waals surface area (Å²) in [4.78, 5) is 36.7. The minimum atomic E-state index is -1.16. The molecular weight excluding hydrogens is 252 g/mol. The molecule has 1 heterocycles. The van der Waals surface area contributed by atoms with Gasteiger partial charge in [0.25, 0.3) is 5.91 Å². The third kappa shape index (κ3) is 2.67. The van der Waals surface area contributed by atoms with Crippen LogP contribution in [0.5, 0.6) is 0 Å². The Morgan fingerprint density at radius 1 is 1.58 bits per heavy atom. The van der Waals surface area contributed by atoms with Gasteiger partial charge in [-0.15, -0.1) is 0 Å². The van der Waals surface area contributed by atoms with Gasteiger partial charge in [0.05, 0.1) is 5.92 Å². The van der Waals surface area contributed by atoms with Gasteiger partial charge in [-0.05, 0) is 20.3 Å². The number of piperazine rings is 1. The van der Waals surface area contributed by atoms with Crippen LogP contribution in [0.4, 0.5) is 0 Å². The molecule has 0 aliphatic carbocycles. The fourth-order valence-corrected chi connectivity index (χ4v) is 1.90. The number of amidine groups is 1. The SMILES string of the molecule is CCC(C(=O)N1CC(=O)NC(=O)C1(C)C)C(N)=NO. The van der Waals surface area contributed by atoms with Crippen LogP contribution in [0.3, 0.4) is 0 Å². The summed E-state index contributed by atoms with van der Waals surface area (Å²) in [5, 5.41) is 13.7. The van der Waals surface area contributed by atoms with Crippen molar-refractivity contribution in [2.75, 3.05) is 6.54 Å². The fourth-order valence-electron chi connectivity index (χ4n) is 1.90. The lowest BCUT2D eigenvalue weighted by atomic mass is 9.94. The number of hydrogen-bond donors (Lipinski definition) is 3. The van der Waals surface area contributed by atoms with Crippen LogP contribution in [0.15, 0.2) is 5.16 Å². The first-order valence-electron chi connectivity index (χ1n) is 5.88. The van der Waals surface area contributed by atoms with Crippen LogP contribution >= 0.6 is 0 Å². The van der Waals surface area contributed by atoms with Crippen molar-refractivity contribution in [2.45, 2.75) is 32.7 Å². The molecular formula is C11H18N4O4. The second-order valence-electron chi connectivity index (χ2n) is 4.85. The molecule has 0 aromatic rings. The van der Waals surface area contributed by atoms with E-state index >= 15 is 0 Å². The van der Waals surface area contributed by atoms with E-state index in [2.05, 4.69) is 10.5 Å². The molecule has 0 radical (unpaired) electrons. The molecule has 0 spiro atoms. The van der Waals surface area contributed by atoms with Gasteiger partial charge in [-0.25, -0.2) is 0 Å². The lowest BCUT2D eigenvalue weighted by Crippen LogP contribution is -2.66. The molecule has 0 bridgehead atoms. The van der Waals surface area contributed by atoms with E-state index in [1.165, 1.54) is 13.8 Å². The first-order valence-corrected chi connectivity index (χ1v) is 5.88. The Balaban J connectivity index is 3.08. The van der Waals surface area contributed by atoms with Gasteiger partial charge in [0.1, 0.15) is 12.1 Å². The average Bonchev–Trinajstić information content (AvgIpc) is 2.34. The number of carbonyl (C=O) groups is 3. The lowest BCUT2D eigenvalue weighted by Gasteiger charge is -2.41. The van der Waals surface area contributed by atoms with Crippen LogP contribution in [0, 0.1) is 5.92 Å². The molecule has 3 amide bonds. The Bertz CT molecular complexity index is 444. The van der Waals surface area contributed by atoms with Crippen molar-refractivity contribution < 1.29 is 19.6 Å². The zero-order chi connectivity index (χ0) is 14.8. The fraction of sp³-hybridized carbons (Fsp3) is 0.636. The molecule has 4 N–H and O–H groups in total. The monoisotopic (exact) mass is 270 g/mol. The number of hydrogen-bond acceptors (Lipinski definition) is 5. The summed E-state index contributed by atoms with van der Waals surface area (Å²) in [6.45, 7) is 4.53. The molecule has 0 aromatic heterocycles. The molecule has 1 fully saturated rings. The molecule has 1 aliphatic heterocycles. The summed E-state index contributed by atoms with van der Waals surface area (Å²) in [5.41, 5.74) is 4.30. The molecule has 1 saturated heterocycles. The number of carbonyl (C=O) groups excluding carboxylic acids is 3. The number of nitrogens with zero attached hydrogens (tertiary/aromatic N) is 2.